The molecule has 1 heterocycles. The molecule has 0 aliphatic rings. The number of amides is 1. The molecule has 3 aromatic rings. The highest BCUT2D eigenvalue weighted by Gasteiger charge is 2.12. The number of aromatic nitrogens is 1. The standard InChI is InChI=1S/C21H24N2O4/c1-3-25-19-10-9-15(13-20(19)26-4-2)11-12-22-21(24)14-17-16-7-5-6-8-18(16)27-23-17/h5-10,13H,3-4,11-12,14H2,1-2H3,(H,22,24). The number of fused-ring (bicyclic) bond motifs is 1. The molecule has 1 aromatic heterocycles. The van der Waals surface area contributed by atoms with Gasteiger partial charge in [0.1, 0.15) is 5.69 Å². The number of nitrogens with zero attached hydrogens (tertiary/aromatic N) is 1. The molecule has 0 atom stereocenters. The van der Waals surface area contributed by atoms with E-state index >= 15 is 0 Å². The molecule has 2 aromatic carbocycles. The molecule has 0 fully saturated rings. The third kappa shape index (κ3) is 4.78. The first-order chi connectivity index (χ1) is 13.2. The molecule has 27 heavy (non-hydrogen) atoms. The number of ether oxygens (including phenoxy) is 2. The van der Waals surface area contributed by atoms with Crippen LogP contribution >= 0.6 is 0 Å². The monoisotopic (exact) mass is 368 g/mol. The molecule has 142 valence electrons. The van der Waals surface area contributed by atoms with Crippen LogP contribution in [0.2, 0.25) is 0 Å². The van der Waals surface area contributed by atoms with E-state index in [9.17, 15) is 4.79 Å². The fourth-order valence-corrected chi connectivity index (χ4v) is 2.88. The number of para-hydroxylation sites is 1. The zero-order chi connectivity index (χ0) is 19.1. The molecule has 0 radical (unpaired) electrons. The Bertz CT molecular complexity index is 904. The van der Waals surface area contributed by atoms with Gasteiger partial charge in [-0.1, -0.05) is 23.4 Å². The summed E-state index contributed by atoms with van der Waals surface area (Å²) in [6.45, 7) is 5.58. The van der Waals surface area contributed by atoms with Gasteiger partial charge in [0.05, 0.1) is 19.6 Å². The van der Waals surface area contributed by atoms with Gasteiger partial charge in [-0.15, -0.1) is 0 Å². The lowest BCUT2D eigenvalue weighted by Gasteiger charge is -2.12. The second-order valence-corrected chi connectivity index (χ2v) is 6.05. The molecule has 0 bridgehead atoms. The van der Waals surface area contributed by atoms with E-state index in [1.54, 1.807) is 0 Å². The van der Waals surface area contributed by atoms with Crippen molar-refractivity contribution in [1.29, 1.82) is 0 Å². The molecule has 0 saturated heterocycles. The van der Waals surface area contributed by atoms with Gasteiger partial charge < -0.3 is 19.3 Å². The van der Waals surface area contributed by atoms with Crippen molar-refractivity contribution < 1.29 is 18.8 Å². The Labute approximate surface area is 158 Å². The quantitative estimate of drug-likeness (QED) is 0.625. The minimum atomic E-state index is -0.0787. The normalized spacial score (nSPS) is 10.7. The van der Waals surface area contributed by atoms with Gasteiger partial charge >= 0.3 is 0 Å². The largest absolute Gasteiger partial charge is 0.490 e. The maximum absolute atomic E-state index is 12.2. The number of rotatable bonds is 9. The van der Waals surface area contributed by atoms with Crippen molar-refractivity contribution in [2.75, 3.05) is 19.8 Å². The number of carbonyl (C=O) groups excluding carboxylic acids is 1. The van der Waals surface area contributed by atoms with Crippen molar-refractivity contribution in [1.82, 2.24) is 10.5 Å². The van der Waals surface area contributed by atoms with Crippen LogP contribution in [-0.2, 0) is 17.6 Å². The molecule has 0 saturated carbocycles. The summed E-state index contributed by atoms with van der Waals surface area (Å²) in [5.41, 5.74) is 2.43. The van der Waals surface area contributed by atoms with Crippen molar-refractivity contribution in [3.63, 3.8) is 0 Å². The molecule has 6 nitrogen and oxygen atoms in total. The summed E-state index contributed by atoms with van der Waals surface area (Å²) < 4.78 is 16.4. The van der Waals surface area contributed by atoms with Gasteiger partial charge in [-0.3, -0.25) is 4.79 Å². The first-order valence-corrected chi connectivity index (χ1v) is 9.19. The lowest BCUT2D eigenvalue weighted by Crippen LogP contribution is -2.27. The molecule has 0 unspecified atom stereocenters. The lowest BCUT2D eigenvalue weighted by molar-refractivity contribution is -0.120. The molecule has 6 heteroatoms. The summed E-state index contributed by atoms with van der Waals surface area (Å²) >= 11 is 0. The summed E-state index contributed by atoms with van der Waals surface area (Å²) in [6, 6.07) is 13.4. The third-order valence-corrected chi connectivity index (χ3v) is 4.12. The number of nitrogens with one attached hydrogen (secondary N) is 1. The minimum absolute atomic E-state index is 0.0787. The first-order valence-electron chi connectivity index (χ1n) is 9.19. The predicted molar refractivity (Wildman–Crippen MR) is 103 cm³/mol. The van der Waals surface area contributed by atoms with E-state index in [0.717, 1.165) is 22.4 Å². The Balaban J connectivity index is 1.54. The average Bonchev–Trinajstić information content (AvgIpc) is 3.07. The molecule has 0 aliphatic carbocycles. The lowest BCUT2D eigenvalue weighted by atomic mass is 10.1. The molecule has 1 N–H and O–H groups in total. The van der Waals surface area contributed by atoms with Gasteiger partial charge in [-0.05, 0) is 50.1 Å². The fourth-order valence-electron chi connectivity index (χ4n) is 2.88. The number of benzene rings is 2. The van der Waals surface area contributed by atoms with Crippen molar-refractivity contribution in [3.05, 3.63) is 53.7 Å². The van der Waals surface area contributed by atoms with Gasteiger partial charge in [-0.25, -0.2) is 0 Å². The second-order valence-electron chi connectivity index (χ2n) is 6.05. The maximum Gasteiger partial charge on any atom is 0.226 e. The number of carbonyl (C=O) groups is 1. The van der Waals surface area contributed by atoms with Crippen molar-refractivity contribution in [2.45, 2.75) is 26.7 Å². The van der Waals surface area contributed by atoms with Gasteiger partial charge in [0.2, 0.25) is 5.91 Å². The molecular weight excluding hydrogens is 344 g/mol. The number of hydrogen-bond donors (Lipinski definition) is 1. The second kappa shape index (κ2) is 9.07. The predicted octanol–water partition coefficient (Wildman–Crippen LogP) is 3.53. The zero-order valence-electron chi connectivity index (χ0n) is 15.7. The van der Waals surface area contributed by atoms with Gasteiger partial charge in [0, 0.05) is 11.9 Å². The van der Waals surface area contributed by atoms with E-state index in [1.807, 2.05) is 56.3 Å². The smallest absolute Gasteiger partial charge is 0.226 e. The number of hydrogen-bond acceptors (Lipinski definition) is 5. The Morgan fingerprint density at radius 3 is 2.67 bits per heavy atom. The Morgan fingerprint density at radius 2 is 1.85 bits per heavy atom. The van der Waals surface area contributed by atoms with Crippen LogP contribution in [-0.4, -0.2) is 30.8 Å². The van der Waals surface area contributed by atoms with Crippen LogP contribution < -0.4 is 14.8 Å². The zero-order valence-corrected chi connectivity index (χ0v) is 15.7. The van der Waals surface area contributed by atoms with Crippen LogP contribution in [0.5, 0.6) is 11.5 Å². The van der Waals surface area contributed by atoms with Crippen molar-refractivity contribution in [3.8, 4) is 11.5 Å². The van der Waals surface area contributed by atoms with Crippen LogP contribution in [0, 0.1) is 0 Å². The van der Waals surface area contributed by atoms with Crippen LogP contribution in [0.3, 0.4) is 0 Å². The van der Waals surface area contributed by atoms with E-state index in [0.29, 0.717) is 37.5 Å². The molecule has 0 aliphatic heterocycles. The minimum Gasteiger partial charge on any atom is -0.490 e. The van der Waals surface area contributed by atoms with Crippen molar-refractivity contribution >= 4 is 16.9 Å². The summed E-state index contributed by atoms with van der Waals surface area (Å²) in [4.78, 5) is 12.2. The first kappa shape index (κ1) is 18.8. The van der Waals surface area contributed by atoms with E-state index < -0.39 is 0 Å². The Hall–Kier alpha value is -3.02. The summed E-state index contributed by atoms with van der Waals surface area (Å²) in [5, 5.41) is 7.80. The highest BCUT2D eigenvalue weighted by Crippen LogP contribution is 2.28. The van der Waals surface area contributed by atoms with Gasteiger partial charge in [-0.2, -0.15) is 0 Å². The van der Waals surface area contributed by atoms with Crippen LogP contribution in [0.25, 0.3) is 11.0 Å². The molecule has 3 rings (SSSR count). The van der Waals surface area contributed by atoms with E-state index in [-0.39, 0.29) is 12.3 Å². The van der Waals surface area contributed by atoms with E-state index in [1.165, 1.54) is 0 Å². The van der Waals surface area contributed by atoms with Gasteiger partial charge in [0.15, 0.2) is 17.1 Å². The van der Waals surface area contributed by atoms with Crippen LogP contribution in [0.1, 0.15) is 25.1 Å². The topological polar surface area (TPSA) is 73.6 Å². The highest BCUT2D eigenvalue weighted by atomic mass is 16.5. The fraction of sp³-hybridized carbons (Fsp3) is 0.333. The summed E-state index contributed by atoms with van der Waals surface area (Å²) in [5.74, 6) is 1.40. The van der Waals surface area contributed by atoms with Crippen molar-refractivity contribution in [2.24, 2.45) is 0 Å². The molecule has 1 amide bonds. The average molecular weight is 368 g/mol. The molecular formula is C21H24N2O4. The SMILES string of the molecule is CCOc1ccc(CCNC(=O)Cc2noc3ccccc23)cc1OCC. The molecule has 0 spiro atoms. The van der Waals surface area contributed by atoms with E-state index in [4.69, 9.17) is 14.0 Å². The highest BCUT2D eigenvalue weighted by molar-refractivity contribution is 5.86. The van der Waals surface area contributed by atoms with E-state index in [2.05, 4.69) is 10.5 Å². The summed E-state index contributed by atoms with van der Waals surface area (Å²) in [7, 11) is 0. The Morgan fingerprint density at radius 1 is 1.07 bits per heavy atom. The van der Waals surface area contributed by atoms with Crippen LogP contribution in [0.4, 0.5) is 0 Å². The van der Waals surface area contributed by atoms with Crippen LogP contribution in [0.15, 0.2) is 47.0 Å². The van der Waals surface area contributed by atoms with Gasteiger partial charge in [0.25, 0.3) is 0 Å². The third-order valence-electron chi connectivity index (χ3n) is 4.12. The Kier molecular flexibility index (Phi) is 6.30. The maximum atomic E-state index is 12.2. The summed E-state index contributed by atoms with van der Waals surface area (Å²) in [6.07, 6.45) is 0.905.